The molecule has 1 atom stereocenters. The molecule has 0 spiro atoms. The second-order valence-electron chi connectivity index (χ2n) is 3.99. The molecule has 2 amide bonds. The van der Waals surface area contributed by atoms with Crippen molar-refractivity contribution in [1.82, 2.24) is 5.32 Å². The van der Waals surface area contributed by atoms with E-state index in [-0.39, 0.29) is 0 Å². The van der Waals surface area contributed by atoms with E-state index in [0.717, 1.165) is 18.8 Å². The Kier molecular flexibility index (Phi) is 5.45. The number of nitrogens with one attached hydrogen (secondary N) is 2. The fourth-order valence-electron chi connectivity index (χ4n) is 1.70. The van der Waals surface area contributed by atoms with E-state index < -0.39 is 12.3 Å². The average Bonchev–Trinajstić information content (AvgIpc) is 2.31. The molecule has 5 nitrogen and oxygen atoms in total. The number of urea groups is 1. The molecule has 0 saturated heterocycles. The molecule has 1 aromatic carbocycles. The summed E-state index contributed by atoms with van der Waals surface area (Å²) in [7, 11) is 0. The van der Waals surface area contributed by atoms with Crippen LogP contribution in [0.15, 0.2) is 24.3 Å². The number of hydrogen-bond donors (Lipinski definition) is 3. The maximum Gasteiger partial charge on any atom is 0.321 e. The summed E-state index contributed by atoms with van der Waals surface area (Å²) in [6.45, 7) is 7.60. The molecule has 0 aliphatic heterocycles. The van der Waals surface area contributed by atoms with E-state index in [1.807, 2.05) is 24.3 Å². The van der Waals surface area contributed by atoms with Crippen molar-refractivity contribution in [1.29, 1.82) is 0 Å². The number of aliphatic hydroxyl groups is 1. The van der Waals surface area contributed by atoms with Gasteiger partial charge in [-0.1, -0.05) is 0 Å². The molecule has 0 aromatic heterocycles. The van der Waals surface area contributed by atoms with Crippen LogP contribution >= 0.6 is 0 Å². The molecule has 0 bridgehead atoms. The summed E-state index contributed by atoms with van der Waals surface area (Å²) in [6.07, 6.45) is -0.861. The van der Waals surface area contributed by atoms with Crippen molar-refractivity contribution in [3.05, 3.63) is 24.3 Å². The third-order valence-corrected chi connectivity index (χ3v) is 2.59. The molecule has 1 unspecified atom stereocenters. The Labute approximate surface area is 108 Å². The minimum Gasteiger partial charge on any atom is -0.374 e. The van der Waals surface area contributed by atoms with E-state index in [1.165, 1.54) is 6.92 Å². The first-order valence-electron chi connectivity index (χ1n) is 6.17. The summed E-state index contributed by atoms with van der Waals surface area (Å²) in [4.78, 5) is 13.6. The molecule has 0 fully saturated rings. The molecule has 3 N–H and O–H groups in total. The van der Waals surface area contributed by atoms with Gasteiger partial charge in [0, 0.05) is 24.5 Å². The summed E-state index contributed by atoms with van der Waals surface area (Å²) in [5, 5.41) is 14.0. The van der Waals surface area contributed by atoms with E-state index in [0.29, 0.717) is 5.69 Å². The lowest BCUT2D eigenvalue weighted by atomic mass is 10.2. The van der Waals surface area contributed by atoms with Crippen LogP contribution in [0.1, 0.15) is 20.8 Å². The molecule has 0 radical (unpaired) electrons. The predicted molar refractivity (Wildman–Crippen MR) is 73.8 cm³/mol. The number of anilines is 2. The molecule has 0 heterocycles. The number of nitrogens with zero attached hydrogens (tertiary/aromatic N) is 1. The van der Waals surface area contributed by atoms with Crippen LogP contribution in [0.3, 0.4) is 0 Å². The van der Waals surface area contributed by atoms with Gasteiger partial charge in [0.15, 0.2) is 0 Å². The Morgan fingerprint density at radius 1 is 1.28 bits per heavy atom. The second-order valence-corrected chi connectivity index (χ2v) is 3.99. The van der Waals surface area contributed by atoms with Crippen molar-refractivity contribution in [2.24, 2.45) is 0 Å². The van der Waals surface area contributed by atoms with E-state index in [4.69, 9.17) is 5.11 Å². The lowest BCUT2D eigenvalue weighted by molar-refractivity contribution is 0.162. The van der Waals surface area contributed by atoms with Crippen molar-refractivity contribution < 1.29 is 9.90 Å². The Morgan fingerprint density at radius 3 is 2.28 bits per heavy atom. The topological polar surface area (TPSA) is 64.6 Å². The number of hydrogen-bond acceptors (Lipinski definition) is 3. The Morgan fingerprint density at radius 2 is 1.83 bits per heavy atom. The second kappa shape index (κ2) is 6.86. The van der Waals surface area contributed by atoms with Crippen molar-refractivity contribution in [3.63, 3.8) is 0 Å². The van der Waals surface area contributed by atoms with Gasteiger partial charge in [-0.3, -0.25) is 0 Å². The van der Waals surface area contributed by atoms with Crippen LogP contribution in [0.4, 0.5) is 16.2 Å². The highest BCUT2D eigenvalue weighted by atomic mass is 16.3. The molecule has 0 aliphatic rings. The number of aliphatic hydroxyl groups excluding tert-OH is 1. The summed E-state index contributed by atoms with van der Waals surface area (Å²) in [5.41, 5.74) is 1.82. The average molecular weight is 251 g/mol. The van der Waals surface area contributed by atoms with Crippen LogP contribution in [-0.4, -0.2) is 30.5 Å². The van der Waals surface area contributed by atoms with Crippen LogP contribution in [0, 0.1) is 0 Å². The fraction of sp³-hybridized carbons (Fsp3) is 0.462. The zero-order chi connectivity index (χ0) is 13.5. The van der Waals surface area contributed by atoms with Crippen molar-refractivity contribution in [2.45, 2.75) is 27.0 Å². The highest BCUT2D eigenvalue weighted by Gasteiger charge is 2.05. The van der Waals surface area contributed by atoms with Crippen LogP contribution in [-0.2, 0) is 0 Å². The minimum atomic E-state index is -0.861. The number of rotatable bonds is 5. The number of amides is 2. The lowest BCUT2D eigenvalue weighted by Gasteiger charge is -2.21. The first-order chi connectivity index (χ1) is 8.56. The zero-order valence-corrected chi connectivity index (χ0v) is 11.1. The first kappa shape index (κ1) is 14.3. The van der Waals surface area contributed by atoms with Gasteiger partial charge in [-0.25, -0.2) is 4.79 Å². The van der Waals surface area contributed by atoms with Gasteiger partial charge < -0.3 is 20.6 Å². The van der Waals surface area contributed by atoms with Crippen molar-refractivity contribution >= 4 is 17.4 Å². The standard InChI is InChI=1S/C13H21N3O2/c1-4-16(5-2)12-8-6-11(7-9-12)15-13(18)14-10(3)17/h6-10,17H,4-5H2,1-3H3,(H2,14,15,18). The molecule has 18 heavy (non-hydrogen) atoms. The fourth-order valence-corrected chi connectivity index (χ4v) is 1.70. The molecular formula is C13H21N3O2. The number of carbonyl (C=O) groups excluding carboxylic acids is 1. The zero-order valence-electron chi connectivity index (χ0n) is 11.1. The maximum absolute atomic E-state index is 11.4. The first-order valence-corrected chi connectivity index (χ1v) is 6.17. The molecule has 5 heteroatoms. The maximum atomic E-state index is 11.4. The highest BCUT2D eigenvalue weighted by molar-refractivity contribution is 5.89. The van der Waals surface area contributed by atoms with E-state index in [1.54, 1.807) is 0 Å². The van der Waals surface area contributed by atoms with Crippen molar-refractivity contribution in [2.75, 3.05) is 23.3 Å². The third-order valence-electron chi connectivity index (χ3n) is 2.59. The van der Waals surface area contributed by atoms with Gasteiger partial charge in [-0.05, 0) is 45.0 Å². The van der Waals surface area contributed by atoms with Crippen LogP contribution in [0.5, 0.6) is 0 Å². The Hall–Kier alpha value is -1.75. The van der Waals surface area contributed by atoms with Gasteiger partial charge in [0.2, 0.25) is 0 Å². The van der Waals surface area contributed by atoms with Crippen LogP contribution in [0.25, 0.3) is 0 Å². The SMILES string of the molecule is CCN(CC)c1ccc(NC(=O)NC(C)O)cc1. The monoisotopic (exact) mass is 251 g/mol. The van der Waals surface area contributed by atoms with Gasteiger partial charge in [0.05, 0.1) is 0 Å². The normalized spacial score (nSPS) is 11.8. The van der Waals surface area contributed by atoms with Gasteiger partial charge in [-0.2, -0.15) is 0 Å². The Bertz CT molecular complexity index is 372. The van der Waals surface area contributed by atoms with Gasteiger partial charge in [0.25, 0.3) is 0 Å². The van der Waals surface area contributed by atoms with Crippen LogP contribution < -0.4 is 15.5 Å². The Balaban J connectivity index is 2.62. The van der Waals surface area contributed by atoms with E-state index in [9.17, 15) is 4.79 Å². The lowest BCUT2D eigenvalue weighted by Crippen LogP contribution is -2.35. The van der Waals surface area contributed by atoms with Gasteiger partial charge >= 0.3 is 6.03 Å². The van der Waals surface area contributed by atoms with E-state index >= 15 is 0 Å². The molecule has 0 saturated carbocycles. The largest absolute Gasteiger partial charge is 0.374 e. The quantitative estimate of drug-likeness (QED) is 0.701. The summed E-state index contributed by atoms with van der Waals surface area (Å²) in [5.74, 6) is 0. The summed E-state index contributed by atoms with van der Waals surface area (Å²) < 4.78 is 0. The molecule has 1 aromatic rings. The molecular weight excluding hydrogens is 230 g/mol. The van der Waals surface area contributed by atoms with Crippen molar-refractivity contribution in [3.8, 4) is 0 Å². The van der Waals surface area contributed by atoms with Crippen LogP contribution in [0.2, 0.25) is 0 Å². The molecule has 0 aliphatic carbocycles. The summed E-state index contributed by atoms with van der Waals surface area (Å²) >= 11 is 0. The predicted octanol–water partition coefficient (Wildman–Crippen LogP) is 1.99. The van der Waals surface area contributed by atoms with E-state index in [2.05, 4.69) is 29.4 Å². The van der Waals surface area contributed by atoms with Gasteiger partial charge in [0.1, 0.15) is 6.23 Å². The molecule has 100 valence electrons. The molecule has 1 rings (SSSR count). The number of benzene rings is 1. The highest BCUT2D eigenvalue weighted by Crippen LogP contribution is 2.17. The van der Waals surface area contributed by atoms with Gasteiger partial charge in [-0.15, -0.1) is 0 Å². The third kappa shape index (κ3) is 4.25. The number of carbonyl (C=O) groups is 1. The summed E-state index contributed by atoms with van der Waals surface area (Å²) in [6, 6.07) is 7.20. The minimum absolute atomic E-state index is 0.416. The smallest absolute Gasteiger partial charge is 0.321 e.